The van der Waals surface area contributed by atoms with Crippen molar-refractivity contribution in [2.45, 2.75) is 13.0 Å². The van der Waals surface area contributed by atoms with Crippen molar-refractivity contribution < 1.29 is 17.8 Å². The van der Waals surface area contributed by atoms with Crippen LogP contribution >= 0.6 is 15.9 Å². The summed E-state index contributed by atoms with van der Waals surface area (Å²) < 4.78 is 31.4. The highest BCUT2D eigenvalue weighted by molar-refractivity contribution is 9.10. The molecule has 1 atom stereocenters. The van der Waals surface area contributed by atoms with Crippen LogP contribution in [0.4, 0.5) is 0 Å². The van der Waals surface area contributed by atoms with Gasteiger partial charge in [0.2, 0.25) is 5.91 Å². The average molecular weight is 322 g/mol. The third-order valence-corrected chi connectivity index (χ3v) is 3.25. The third kappa shape index (κ3) is 5.29. The van der Waals surface area contributed by atoms with Gasteiger partial charge in [0.05, 0.1) is 11.8 Å². The lowest BCUT2D eigenvalue weighted by Crippen LogP contribution is -2.31. The summed E-state index contributed by atoms with van der Waals surface area (Å²) in [5, 5.41) is 2.48. The molecule has 1 aromatic carbocycles. The normalized spacial score (nSPS) is 13.1. The molecule has 1 aromatic rings. The van der Waals surface area contributed by atoms with Gasteiger partial charge in [0, 0.05) is 11.4 Å². The van der Waals surface area contributed by atoms with Crippen LogP contribution in [-0.2, 0) is 14.9 Å². The molecule has 0 bridgehead atoms. The summed E-state index contributed by atoms with van der Waals surface area (Å²) in [7, 11) is -4.16. The fourth-order valence-corrected chi connectivity index (χ4v) is 2.51. The first-order valence-electron chi connectivity index (χ1n) is 4.75. The Kier molecular flexibility index (Phi) is 4.67. The molecule has 0 aliphatic rings. The Bertz CT molecular complexity index is 515. The molecule has 1 rings (SSSR count). The highest BCUT2D eigenvalue weighted by Gasteiger charge is 2.19. The molecule has 1 unspecified atom stereocenters. The minimum atomic E-state index is -4.16. The van der Waals surface area contributed by atoms with Gasteiger partial charge in [-0.15, -0.1) is 0 Å². The number of nitrogens with one attached hydrogen (secondary N) is 1. The molecule has 94 valence electrons. The zero-order valence-corrected chi connectivity index (χ0v) is 11.5. The maximum atomic E-state index is 11.0. The van der Waals surface area contributed by atoms with E-state index in [0.29, 0.717) is 5.56 Å². The van der Waals surface area contributed by atoms with Gasteiger partial charge in [-0.05, 0) is 17.7 Å². The van der Waals surface area contributed by atoms with E-state index in [1.165, 1.54) is 6.92 Å². The minimum absolute atomic E-state index is 0.362. The van der Waals surface area contributed by atoms with E-state index in [9.17, 15) is 13.2 Å². The molecule has 1 amide bonds. The third-order valence-electron chi connectivity index (χ3n) is 2.01. The molecular weight excluding hydrogens is 310 g/mol. The van der Waals surface area contributed by atoms with Gasteiger partial charge in [-0.2, -0.15) is 8.42 Å². The molecule has 0 aliphatic carbocycles. The maximum Gasteiger partial charge on any atom is 0.267 e. The zero-order chi connectivity index (χ0) is 13.1. The maximum absolute atomic E-state index is 11.0. The average Bonchev–Trinajstić information content (AvgIpc) is 2.13. The SMILES string of the molecule is CC(=O)NC(CS(=O)(=O)O)c1cccc(Br)c1. The second-order valence-electron chi connectivity index (χ2n) is 3.56. The summed E-state index contributed by atoms with van der Waals surface area (Å²) in [4.78, 5) is 11.0. The lowest BCUT2D eigenvalue weighted by Gasteiger charge is -2.16. The summed E-state index contributed by atoms with van der Waals surface area (Å²) in [6.07, 6.45) is 0. The first kappa shape index (κ1) is 14.1. The predicted octanol–water partition coefficient (Wildman–Crippen LogP) is 1.51. The van der Waals surface area contributed by atoms with Crippen LogP contribution in [0.3, 0.4) is 0 Å². The second-order valence-corrected chi connectivity index (χ2v) is 5.97. The minimum Gasteiger partial charge on any atom is -0.348 e. The Morgan fingerprint density at radius 3 is 2.65 bits per heavy atom. The van der Waals surface area contributed by atoms with Gasteiger partial charge in [0.25, 0.3) is 10.1 Å². The van der Waals surface area contributed by atoms with Crippen molar-refractivity contribution >= 4 is 32.0 Å². The topological polar surface area (TPSA) is 83.5 Å². The first-order valence-corrected chi connectivity index (χ1v) is 7.16. The van der Waals surface area contributed by atoms with Crippen LogP contribution in [-0.4, -0.2) is 24.6 Å². The first-order chi connectivity index (χ1) is 7.78. The Labute approximate surface area is 108 Å². The van der Waals surface area contributed by atoms with E-state index in [-0.39, 0.29) is 5.91 Å². The van der Waals surface area contributed by atoms with Crippen molar-refractivity contribution in [1.82, 2.24) is 5.32 Å². The van der Waals surface area contributed by atoms with E-state index in [1.54, 1.807) is 24.3 Å². The fraction of sp³-hybridized carbons (Fsp3) is 0.300. The van der Waals surface area contributed by atoms with E-state index < -0.39 is 21.9 Å². The van der Waals surface area contributed by atoms with Crippen LogP contribution in [0.2, 0.25) is 0 Å². The van der Waals surface area contributed by atoms with Gasteiger partial charge in [-0.25, -0.2) is 0 Å². The zero-order valence-electron chi connectivity index (χ0n) is 9.05. The van der Waals surface area contributed by atoms with Crippen LogP contribution in [0.15, 0.2) is 28.7 Å². The van der Waals surface area contributed by atoms with Crippen molar-refractivity contribution in [3.05, 3.63) is 34.3 Å². The highest BCUT2D eigenvalue weighted by atomic mass is 79.9. The van der Waals surface area contributed by atoms with Crippen molar-refractivity contribution in [2.75, 3.05) is 5.75 Å². The van der Waals surface area contributed by atoms with E-state index in [0.717, 1.165) is 4.47 Å². The van der Waals surface area contributed by atoms with Crippen LogP contribution in [0.1, 0.15) is 18.5 Å². The van der Waals surface area contributed by atoms with Crippen molar-refractivity contribution in [3.63, 3.8) is 0 Å². The van der Waals surface area contributed by atoms with E-state index in [4.69, 9.17) is 4.55 Å². The molecule has 0 radical (unpaired) electrons. The summed E-state index contributed by atoms with van der Waals surface area (Å²) in [6.45, 7) is 1.29. The van der Waals surface area contributed by atoms with Crippen LogP contribution < -0.4 is 5.32 Å². The van der Waals surface area contributed by atoms with Crippen molar-refractivity contribution in [1.29, 1.82) is 0 Å². The number of rotatable bonds is 4. The predicted molar refractivity (Wildman–Crippen MR) is 67.1 cm³/mol. The molecule has 0 spiro atoms. The number of hydrogen-bond donors (Lipinski definition) is 2. The van der Waals surface area contributed by atoms with Crippen molar-refractivity contribution in [2.24, 2.45) is 0 Å². The number of carbonyl (C=O) groups excluding carboxylic acids is 1. The fourth-order valence-electron chi connectivity index (χ4n) is 1.40. The monoisotopic (exact) mass is 321 g/mol. The van der Waals surface area contributed by atoms with Gasteiger partial charge >= 0.3 is 0 Å². The molecule has 2 N–H and O–H groups in total. The Balaban J connectivity index is 3.01. The second kappa shape index (κ2) is 5.61. The number of hydrogen-bond acceptors (Lipinski definition) is 3. The molecule has 0 heterocycles. The summed E-state index contributed by atoms with van der Waals surface area (Å²) in [6, 6.07) is 6.10. The molecule has 0 saturated heterocycles. The van der Waals surface area contributed by atoms with Crippen LogP contribution in [0.5, 0.6) is 0 Å². The Morgan fingerprint density at radius 2 is 2.18 bits per heavy atom. The molecule has 5 nitrogen and oxygen atoms in total. The van der Waals surface area contributed by atoms with E-state index in [1.807, 2.05) is 0 Å². The molecule has 0 aliphatic heterocycles. The Hall–Kier alpha value is -0.920. The largest absolute Gasteiger partial charge is 0.348 e. The van der Waals surface area contributed by atoms with Gasteiger partial charge in [-0.3, -0.25) is 9.35 Å². The smallest absolute Gasteiger partial charge is 0.267 e. The lowest BCUT2D eigenvalue weighted by molar-refractivity contribution is -0.119. The summed E-state index contributed by atoms with van der Waals surface area (Å²) in [5.74, 6) is -0.915. The quantitative estimate of drug-likeness (QED) is 0.823. The van der Waals surface area contributed by atoms with E-state index in [2.05, 4.69) is 21.2 Å². The van der Waals surface area contributed by atoms with Gasteiger partial charge in [0.1, 0.15) is 0 Å². The van der Waals surface area contributed by atoms with Gasteiger partial charge in [0.15, 0.2) is 0 Å². The number of amides is 1. The standard InChI is InChI=1S/C10H12BrNO4S/c1-7(13)12-10(6-17(14,15)16)8-3-2-4-9(11)5-8/h2-5,10H,6H2,1H3,(H,12,13)(H,14,15,16). The number of carbonyl (C=O) groups is 1. The number of benzene rings is 1. The summed E-state index contributed by atoms with van der Waals surface area (Å²) in [5.41, 5.74) is 0.604. The molecule has 0 fully saturated rings. The molecule has 7 heteroatoms. The van der Waals surface area contributed by atoms with Crippen molar-refractivity contribution in [3.8, 4) is 0 Å². The van der Waals surface area contributed by atoms with E-state index >= 15 is 0 Å². The molecule has 0 aromatic heterocycles. The number of halogens is 1. The van der Waals surface area contributed by atoms with Gasteiger partial charge in [-0.1, -0.05) is 28.1 Å². The molecule has 0 saturated carbocycles. The van der Waals surface area contributed by atoms with Crippen LogP contribution in [0, 0.1) is 0 Å². The Morgan fingerprint density at radius 1 is 1.53 bits per heavy atom. The van der Waals surface area contributed by atoms with Crippen LogP contribution in [0.25, 0.3) is 0 Å². The lowest BCUT2D eigenvalue weighted by atomic mass is 10.1. The highest BCUT2D eigenvalue weighted by Crippen LogP contribution is 2.19. The molecule has 17 heavy (non-hydrogen) atoms. The van der Waals surface area contributed by atoms with Gasteiger partial charge < -0.3 is 5.32 Å². The summed E-state index contributed by atoms with van der Waals surface area (Å²) >= 11 is 3.25. The molecular formula is C10H12BrNO4S.